The number of nitrogens with two attached hydrogens (primary N) is 1. The minimum atomic E-state index is -2.06. The van der Waals surface area contributed by atoms with Crippen LogP contribution in [0.15, 0.2) is 65.9 Å². The molecule has 0 aromatic heterocycles. The van der Waals surface area contributed by atoms with Crippen molar-refractivity contribution in [2.45, 2.75) is 283 Å². The zero-order chi connectivity index (χ0) is 74.4. The van der Waals surface area contributed by atoms with Crippen LogP contribution >= 0.6 is 11.6 Å². The summed E-state index contributed by atoms with van der Waals surface area (Å²) in [5, 5.41) is 32.0. The first-order chi connectivity index (χ1) is 42.0. The number of nitrogens with zero attached hydrogens (tertiary/aromatic N) is 1. The molecule has 0 radical (unpaired) electrons. The molecule has 0 aromatic carbocycles. The molecule has 0 saturated carbocycles. The molecule has 5 amide bonds. The first-order valence-electron chi connectivity index (χ1n) is 30.4. The third-order valence-electron chi connectivity index (χ3n) is 9.55. The summed E-state index contributed by atoms with van der Waals surface area (Å²) in [6.45, 7) is 57.2. The number of carboxylic acids is 1. The summed E-state index contributed by atoms with van der Waals surface area (Å²) in [4.78, 5) is 110. The SMILES string of the molecule is C.C=C(C)C(=O)Cl.C=C(C)C(=O)NCCCC[C@H](N)C(=O)OC(C)(C)C.C=C(C)C(=O)NCCCC[C@H](NC(=O)OC(C)(C)C)C(=O)O.C=C(C)C(=O)NCCCC[C@H](NC(=O)OC(C)(C)C)C(=O)OC(C)(C)C.CC(C)N=C(NC(C)C)OC(C)(C)C.OOC=C(F)F. The molecule has 0 aliphatic heterocycles. The molecule has 0 aliphatic rings. The summed E-state index contributed by atoms with van der Waals surface area (Å²) in [5.74, 6) is -2.55. The van der Waals surface area contributed by atoms with Crippen molar-refractivity contribution in [1.29, 1.82) is 0 Å². The van der Waals surface area contributed by atoms with Gasteiger partial charge in [0.15, 0.2) is 6.26 Å². The van der Waals surface area contributed by atoms with Gasteiger partial charge in [-0.3, -0.25) is 24.0 Å². The van der Waals surface area contributed by atoms with Crippen molar-refractivity contribution >= 4 is 70.7 Å². The molecule has 0 aromatic rings. The van der Waals surface area contributed by atoms with Crippen LogP contribution in [0, 0.1) is 0 Å². The van der Waals surface area contributed by atoms with E-state index in [1.165, 1.54) is 0 Å². The lowest BCUT2D eigenvalue weighted by Gasteiger charge is -2.26. The van der Waals surface area contributed by atoms with E-state index >= 15 is 0 Å². The largest absolute Gasteiger partial charge is 0.480 e. The number of rotatable bonds is 27. The molecular weight excluding hydrogens is 1250 g/mol. The molecule has 0 aliphatic carbocycles. The smallest absolute Gasteiger partial charge is 0.408 e. The molecule has 0 bridgehead atoms. The zero-order valence-corrected chi connectivity index (χ0v) is 60.7. The van der Waals surface area contributed by atoms with Gasteiger partial charge in [-0.05, 0) is 229 Å². The van der Waals surface area contributed by atoms with Crippen LogP contribution in [0.5, 0.6) is 0 Å². The van der Waals surface area contributed by atoms with Gasteiger partial charge in [-0.2, -0.15) is 8.78 Å². The molecule has 25 nitrogen and oxygen atoms in total. The van der Waals surface area contributed by atoms with E-state index in [1.54, 1.807) is 90.0 Å². The van der Waals surface area contributed by atoms with Gasteiger partial charge in [0, 0.05) is 54.0 Å². The Morgan fingerprint density at radius 3 is 1.07 bits per heavy atom. The summed E-state index contributed by atoms with van der Waals surface area (Å²) in [6, 6.07) is -1.18. The number of carboxylic acid groups (broad SMARTS) is 1. The van der Waals surface area contributed by atoms with Gasteiger partial charge in [-0.15, -0.1) is 0 Å². The molecule has 0 unspecified atom stereocenters. The fourth-order valence-electron chi connectivity index (χ4n) is 5.67. The van der Waals surface area contributed by atoms with Crippen LogP contribution in [0.3, 0.4) is 0 Å². The number of allylic oxidation sites excluding steroid dienone is 1. The second kappa shape index (κ2) is 52.2. The summed E-state index contributed by atoms with van der Waals surface area (Å²) in [6.07, 6.45) is 1.63. The van der Waals surface area contributed by atoms with Gasteiger partial charge < -0.3 is 71.3 Å². The van der Waals surface area contributed by atoms with E-state index in [1.807, 2.05) is 55.4 Å². The number of hydrogen-bond acceptors (Lipinski definition) is 18. The number of unbranched alkanes of at least 4 members (excludes halogenated alkanes) is 3. The monoisotopic (exact) mass is 1370 g/mol. The van der Waals surface area contributed by atoms with Gasteiger partial charge in [-0.1, -0.05) is 33.7 Å². The Kier molecular flexibility index (Phi) is 55.7. The maximum absolute atomic E-state index is 12.3. The van der Waals surface area contributed by atoms with Crippen molar-refractivity contribution in [1.82, 2.24) is 31.9 Å². The molecule has 0 rings (SSSR count). The number of esters is 2. The summed E-state index contributed by atoms with van der Waals surface area (Å²) in [5.41, 5.74) is 4.79. The lowest BCUT2D eigenvalue weighted by Crippen LogP contribution is -2.46. The number of amides is 5. The second-order valence-corrected chi connectivity index (χ2v) is 27.0. The van der Waals surface area contributed by atoms with Crippen LogP contribution in [0.25, 0.3) is 0 Å². The van der Waals surface area contributed by atoms with E-state index in [2.05, 4.69) is 81.9 Å². The number of alkyl carbamates (subject to hydrolysis) is 2. The van der Waals surface area contributed by atoms with E-state index in [9.17, 15) is 51.9 Å². The Morgan fingerprint density at radius 1 is 0.511 bits per heavy atom. The van der Waals surface area contributed by atoms with E-state index in [0.29, 0.717) is 92.5 Å². The highest BCUT2D eigenvalue weighted by Crippen LogP contribution is 2.15. The van der Waals surface area contributed by atoms with Gasteiger partial charge in [0.05, 0.1) is 0 Å². The van der Waals surface area contributed by atoms with Crippen LogP contribution in [0.2, 0.25) is 0 Å². The van der Waals surface area contributed by atoms with Gasteiger partial charge in [-0.25, -0.2) is 29.4 Å². The molecule has 0 fully saturated rings. The average molecular weight is 1370 g/mol. The Morgan fingerprint density at radius 2 is 0.819 bits per heavy atom. The summed E-state index contributed by atoms with van der Waals surface area (Å²) in [7, 11) is 0. The van der Waals surface area contributed by atoms with Crippen LogP contribution in [0.1, 0.15) is 224 Å². The normalized spacial score (nSPS) is 11.9. The number of hydrogen-bond donors (Lipinski definition) is 9. The third-order valence-corrected chi connectivity index (χ3v) is 9.87. The molecule has 548 valence electrons. The predicted octanol–water partition coefficient (Wildman–Crippen LogP) is 12.2. The fourth-order valence-corrected chi connectivity index (χ4v) is 5.67. The fraction of sp³-hybridized carbons (Fsp3) is 0.697. The van der Waals surface area contributed by atoms with Crippen LogP contribution in [-0.2, 0) is 62.1 Å². The van der Waals surface area contributed by atoms with E-state index in [4.69, 9.17) is 51.4 Å². The number of nitrogens with one attached hydrogen (secondary N) is 6. The first kappa shape index (κ1) is 100. The van der Waals surface area contributed by atoms with Crippen molar-refractivity contribution in [3.8, 4) is 0 Å². The highest BCUT2D eigenvalue weighted by atomic mass is 35.5. The number of halogens is 3. The van der Waals surface area contributed by atoms with Crippen molar-refractivity contribution in [2.75, 3.05) is 19.6 Å². The molecule has 3 atom stereocenters. The quantitative estimate of drug-likeness (QED) is 0.00352. The van der Waals surface area contributed by atoms with Crippen LogP contribution in [-0.4, -0.2) is 147 Å². The molecule has 0 heterocycles. The molecule has 94 heavy (non-hydrogen) atoms. The molecule has 10 N–H and O–H groups in total. The third kappa shape index (κ3) is 75.6. The minimum Gasteiger partial charge on any atom is -0.480 e. The number of ether oxygens (including phenoxy) is 5. The van der Waals surface area contributed by atoms with Gasteiger partial charge in [0.25, 0.3) is 6.02 Å². The van der Waals surface area contributed by atoms with E-state index in [0.717, 1.165) is 12.8 Å². The van der Waals surface area contributed by atoms with E-state index in [-0.39, 0.29) is 55.4 Å². The van der Waals surface area contributed by atoms with E-state index < -0.39 is 76.0 Å². The van der Waals surface area contributed by atoms with Crippen molar-refractivity contribution < 1.29 is 90.9 Å². The van der Waals surface area contributed by atoms with Gasteiger partial charge >= 0.3 is 36.2 Å². The standard InChI is InChI=1S/C19H34N2O5.C15H26N2O5.C14H26N2O3.C11H24N2O.C4H5ClO.C2H2F2O2.CH4/c1-13(2)15(22)20-12-10-9-11-14(16(23)25-18(3,4)5)21-17(24)26-19(6,7)8;1-10(2)12(18)16-9-7-6-8-11(13(19)20)17-14(21)22-15(3,4)5;1-10(2)12(17)16-9-7-6-8-11(15)13(18)19-14(3,4)5;1-8(2)12-10(13-9(3)4)14-11(5,6)7;1-3(2)4(5)6;3-2(4)1-6-5;/h14H,1,9-12H2,2-8H3,(H,20,22)(H,21,24);11H,1,6-9H2,2-5H3,(H,16,18)(H,17,21)(H,19,20);11H,1,6-9,15H2,2-5H3,(H,16,17);8-9H,1-7H3,(H,12,13);1H2,2H3;1,5H;1H4/t14-;2*11-;;;;/m000..../s1. The Labute approximate surface area is 565 Å². The van der Waals surface area contributed by atoms with Crippen molar-refractivity contribution in [3.63, 3.8) is 0 Å². The molecule has 28 heteroatoms. The lowest BCUT2D eigenvalue weighted by atomic mass is 10.1. The average Bonchev–Trinajstić information content (AvgIpc) is 1.04. The van der Waals surface area contributed by atoms with Crippen molar-refractivity contribution in [3.05, 3.63) is 61.0 Å². The zero-order valence-electron chi connectivity index (χ0n) is 60.0. The van der Waals surface area contributed by atoms with Gasteiger partial charge in [0.1, 0.15) is 46.1 Å². The number of aliphatic carboxylic acids is 1. The predicted molar refractivity (Wildman–Crippen MR) is 367 cm³/mol. The van der Waals surface area contributed by atoms with Gasteiger partial charge in [0.2, 0.25) is 23.0 Å². The van der Waals surface area contributed by atoms with Crippen molar-refractivity contribution in [2.24, 2.45) is 10.7 Å². The molecule has 0 saturated heterocycles. The second-order valence-electron chi connectivity index (χ2n) is 26.6. The Bertz CT molecular complexity index is 2390. The molecule has 0 spiro atoms. The highest BCUT2D eigenvalue weighted by Gasteiger charge is 2.29. The number of carbonyl (C=O) groups is 9. The Hall–Kier alpha value is -7.13. The lowest BCUT2D eigenvalue weighted by molar-refractivity contribution is -0.189. The topological polar surface area (TPSA) is 360 Å². The summed E-state index contributed by atoms with van der Waals surface area (Å²) < 4.78 is 47.7. The minimum absolute atomic E-state index is 0. The number of aliphatic imine (C=N–C) groups is 1. The maximum atomic E-state index is 12.3. The Balaban J connectivity index is -0.000000205. The first-order valence-corrected chi connectivity index (χ1v) is 30.8. The molecular formula is C66H121ClF2N8O17. The van der Waals surface area contributed by atoms with Crippen LogP contribution in [0.4, 0.5) is 18.4 Å². The maximum Gasteiger partial charge on any atom is 0.408 e. The number of amidine groups is 1. The summed E-state index contributed by atoms with van der Waals surface area (Å²) >= 11 is 4.87. The highest BCUT2D eigenvalue weighted by molar-refractivity contribution is 6.67. The van der Waals surface area contributed by atoms with Crippen LogP contribution < -0.4 is 37.6 Å². The number of carbonyl (C=O) groups excluding carboxylic acids is 8.